The lowest BCUT2D eigenvalue weighted by molar-refractivity contribution is 0.0600. The molecular formula is C19H20ClN3O4. The Kier molecular flexibility index (Phi) is 6.90. The molecule has 2 aromatic rings. The Balaban J connectivity index is 2.18. The summed E-state index contributed by atoms with van der Waals surface area (Å²) in [5.41, 5.74) is 0.879. The maximum atomic E-state index is 12.5. The summed E-state index contributed by atoms with van der Waals surface area (Å²) in [4.78, 5) is 40.2. The van der Waals surface area contributed by atoms with Crippen LogP contribution in [0.15, 0.2) is 36.5 Å². The molecule has 0 bridgehead atoms. The van der Waals surface area contributed by atoms with Crippen LogP contribution in [0.4, 0.5) is 5.69 Å². The number of anilines is 1. The Hall–Kier alpha value is -2.93. The van der Waals surface area contributed by atoms with Gasteiger partial charge in [-0.2, -0.15) is 0 Å². The molecule has 2 rings (SSSR count). The first-order valence-corrected chi connectivity index (χ1v) is 8.63. The lowest BCUT2D eigenvalue weighted by Crippen LogP contribution is -2.28. The molecule has 7 nitrogen and oxygen atoms in total. The Morgan fingerprint density at radius 1 is 1.11 bits per heavy atom. The Bertz CT molecular complexity index is 868. The molecule has 27 heavy (non-hydrogen) atoms. The van der Waals surface area contributed by atoms with E-state index in [-0.39, 0.29) is 33.4 Å². The molecular weight excluding hydrogens is 370 g/mol. The number of ether oxygens (including phenoxy) is 1. The van der Waals surface area contributed by atoms with Crippen molar-refractivity contribution in [2.45, 2.75) is 13.8 Å². The average Bonchev–Trinajstić information content (AvgIpc) is 2.67. The van der Waals surface area contributed by atoms with Crippen molar-refractivity contribution in [2.75, 3.05) is 19.0 Å². The van der Waals surface area contributed by atoms with Crippen molar-refractivity contribution in [1.82, 2.24) is 10.3 Å². The van der Waals surface area contributed by atoms with E-state index in [9.17, 15) is 14.4 Å². The zero-order valence-corrected chi connectivity index (χ0v) is 16.0. The number of aromatic nitrogens is 1. The van der Waals surface area contributed by atoms with Crippen LogP contribution in [0.2, 0.25) is 5.02 Å². The summed E-state index contributed by atoms with van der Waals surface area (Å²) in [6.07, 6.45) is 1.38. The molecule has 0 aliphatic heterocycles. The topological polar surface area (TPSA) is 97.4 Å². The molecule has 0 saturated carbocycles. The Labute approximate surface area is 162 Å². The van der Waals surface area contributed by atoms with Gasteiger partial charge in [-0.3, -0.25) is 14.6 Å². The van der Waals surface area contributed by atoms with E-state index >= 15 is 0 Å². The molecule has 0 saturated heterocycles. The van der Waals surface area contributed by atoms with Crippen molar-refractivity contribution in [3.8, 4) is 0 Å². The van der Waals surface area contributed by atoms with Crippen molar-refractivity contribution in [1.29, 1.82) is 0 Å². The van der Waals surface area contributed by atoms with Gasteiger partial charge in [0.1, 0.15) is 5.69 Å². The second-order valence-electron chi connectivity index (χ2n) is 6.17. The highest BCUT2D eigenvalue weighted by atomic mass is 35.5. The molecule has 0 spiro atoms. The molecule has 0 aliphatic carbocycles. The van der Waals surface area contributed by atoms with E-state index in [1.165, 1.54) is 43.6 Å². The second-order valence-corrected chi connectivity index (χ2v) is 6.58. The van der Waals surface area contributed by atoms with Gasteiger partial charge in [-0.1, -0.05) is 25.4 Å². The summed E-state index contributed by atoms with van der Waals surface area (Å²) in [7, 11) is 1.26. The van der Waals surface area contributed by atoms with Gasteiger partial charge in [-0.15, -0.1) is 0 Å². The number of rotatable bonds is 6. The number of hydrogen-bond donors (Lipinski definition) is 2. The minimum Gasteiger partial charge on any atom is -0.465 e. The van der Waals surface area contributed by atoms with Crippen LogP contribution < -0.4 is 10.6 Å². The molecule has 2 amide bonds. The third kappa shape index (κ3) is 5.52. The third-order valence-electron chi connectivity index (χ3n) is 3.56. The van der Waals surface area contributed by atoms with Crippen LogP contribution in [0.3, 0.4) is 0 Å². The van der Waals surface area contributed by atoms with Gasteiger partial charge in [-0.25, -0.2) is 4.79 Å². The van der Waals surface area contributed by atoms with Crippen LogP contribution in [-0.2, 0) is 4.74 Å². The number of pyridine rings is 1. The van der Waals surface area contributed by atoms with Gasteiger partial charge >= 0.3 is 5.97 Å². The summed E-state index contributed by atoms with van der Waals surface area (Å²) in [5, 5.41) is 5.63. The van der Waals surface area contributed by atoms with Gasteiger partial charge in [0.2, 0.25) is 0 Å². The number of halogens is 1. The normalized spacial score (nSPS) is 10.4. The Morgan fingerprint density at radius 2 is 1.85 bits per heavy atom. The van der Waals surface area contributed by atoms with E-state index in [0.29, 0.717) is 12.5 Å². The number of esters is 1. The molecule has 142 valence electrons. The molecule has 1 aromatic carbocycles. The van der Waals surface area contributed by atoms with Gasteiger partial charge in [0.05, 0.1) is 23.4 Å². The summed E-state index contributed by atoms with van der Waals surface area (Å²) < 4.78 is 4.66. The van der Waals surface area contributed by atoms with Gasteiger partial charge in [0.25, 0.3) is 11.8 Å². The average molecular weight is 390 g/mol. The first kappa shape index (κ1) is 20.4. The molecule has 1 aromatic heterocycles. The molecule has 0 unspecified atom stereocenters. The zero-order valence-electron chi connectivity index (χ0n) is 15.2. The first-order valence-electron chi connectivity index (χ1n) is 8.25. The monoisotopic (exact) mass is 389 g/mol. The number of nitrogens with zero attached hydrogens (tertiary/aromatic N) is 1. The standard InChI is InChI=1S/C19H20ClN3O4/c1-11(2)10-22-18(25)16-8-12(6-7-21-16)17(24)23-15-9-13(19(26)27-3)4-5-14(15)20/h4-9,11H,10H2,1-3H3,(H,22,25)(H,23,24). The van der Waals surface area contributed by atoms with Crippen LogP contribution in [0.25, 0.3) is 0 Å². The minimum atomic E-state index is -0.546. The number of hydrogen-bond acceptors (Lipinski definition) is 5. The highest BCUT2D eigenvalue weighted by molar-refractivity contribution is 6.34. The predicted octanol–water partition coefficient (Wildman–Crippen LogP) is 3.16. The molecule has 0 radical (unpaired) electrons. The SMILES string of the molecule is COC(=O)c1ccc(Cl)c(NC(=O)c2ccnc(C(=O)NCC(C)C)c2)c1. The van der Waals surface area contributed by atoms with Crippen LogP contribution in [0.1, 0.15) is 45.1 Å². The molecule has 0 fully saturated rings. The lowest BCUT2D eigenvalue weighted by Gasteiger charge is -2.10. The molecule has 1 heterocycles. The van der Waals surface area contributed by atoms with E-state index in [2.05, 4.69) is 20.4 Å². The van der Waals surface area contributed by atoms with E-state index in [1.54, 1.807) is 0 Å². The summed E-state index contributed by atoms with van der Waals surface area (Å²) in [6.45, 7) is 4.46. The van der Waals surface area contributed by atoms with E-state index in [1.807, 2.05) is 13.8 Å². The third-order valence-corrected chi connectivity index (χ3v) is 3.89. The van der Waals surface area contributed by atoms with Crippen molar-refractivity contribution < 1.29 is 19.1 Å². The van der Waals surface area contributed by atoms with Crippen LogP contribution in [-0.4, -0.2) is 36.4 Å². The Morgan fingerprint density at radius 3 is 2.52 bits per heavy atom. The first-order chi connectivity index (χ1) is 12.8. The maximum Gasteiger partial charge on any atom is 0.337 e. The molecule has 2 N–H and O–H groups in total. The number of carbonyl (C=O) groups is 3. The summed E-state index contributed by atoms with van der Waals surface area (Å²) in [6, 6.07) is 7.27. The second kappa shape index (κ2) is 9.14. The summed E-state index contributed by atoms with van der Waals surface area (Å²) >= 11 is 6.08. The van der Waals surface area contributed by atoms with Gasteiger partial charge in [0.15, 0.2) is 0 Å². The number of benzene rings is 1. The zero-order chi connectivity index (χ0) is 20.0. The van der Waals surface area contributed by atoms with Crippen molar-refractivity contribution in [2.24, 2.45) is 5.92 Å². The number of carbonyl (C=O) groups excluding carboxylic acids is 3. The van der Waals surface area contributed by atoms with Crippen LogP contribution in [0, 0.1) is 5.92 Å². The number of nitrogens with one attached hydrogen (secondary N) is 2. The number of methoxy groups -OCH3 is 1. The fraction of sp³-hybridized carbons (Fsp3) is 0.263. The van der Waals surface area contributed by atoms with Gasteiger partial charge in [-0.05, 0) is 36.2 Å². The van der Waals surface area contributed by atoms with Crippen molar-refractivity contribution >= 4 is 35.1 Å². The highest BCUT2D eigenvalue weighted by Crippen LogP contribution is 2.24. The maximum absolute atomic E-state index is 12.5. The molecule has 0 aliphatic rings. The molecule has 8 heteroatoms. The molecule has 0 atom stereocenters. The van der Waals surface area contributed by atoms with E-state index in [4.69, 9.17) is 11.6 Å². The van der Waals surface area contributed by atoms with Crippen molar-refractivity contribution in [3.63, 3.8) is 0 Å². The number of amides is 2. The fourth-order valence-corrected chi connectivity index (χ4v) is 2.31. The van der Waals surface area contributed by atoms with Gasteiger partial charge < -0.3 is 15.4 Å². The van der Waals surface area contributed by atoms with Gasteiger partial charge in [0, 0.05) is 18.3 Å². The van der Waals surface area contributed by atoms with Crippen molar-refractivity contribution in [3.05, 3.63) is 58.4 Å². The van der Waals surface area contributed by atoms with Crippen LogP contribution in [0.5, 0.6) is 0 Å². The largest absolute Gasteiger partial charge is 0.465 e. The van der Waals surface area contributed by atoms with Crippen LogP contribution >= 0.6 is 11.6 Å². The predicted molar refractivity (Wildman–Crippen MR) is 102 cm³/mol. The minimum absolute atomic E-state index is 0.137. The van der Waals surface area contributed by atoms with E-state index in [0.717, 1.165) is 0 Å². The summed E-state index contributed by atoms with van der Waals surface area (Å²) in [5.74, 6) is -1.09. The quantitative estimate of drug-likeness (QED) is 0.739. The lowest BCUT2D eigenvalue weighted by atomic mass is 10.1. The fourth-order valence-electron chi connectivity index (χ4n) is 2.14. The highest BCUT2D eigenvalue weighted by Gasteiger charge is 2.15. The van der Waals surface area contributed by atoms with E-state index < -0.39 is 11.9 Å². The smallest absolute Gasteiger partial charge is 0.337 e.